The molecule has 0 aromatic heterocycles. The first kappa shape index (κ1) is 19.3. The molecule has 0 saturated carbocycles. The highest BCUT2D eigenvalue weighted by molar-refractivity contribution is 5.94. The number of hydrogen-bond donors (Lipinski definition) is 2. The van der Waals surface area contributed by atoms with Crippen LogP contribution >= 0.6 is 0 Å². The van der Waals surface area contributed by atoms with E-state index in [4.69, 9.17) is 4.74 Å². The van der Waals surface area contributed by atoms with Crippen LogP contribution in [0.2, 0.25) is 0 Å². The SMILES string of the molecule is CC(=O)Nc1cccc(OCC(=O)Nc2ccc([N+](=O)[O-])cc2[N+](=O)[O-])c1. The number of nitro groups is 2. The number of non-ortho nitro benzene ring substituents is 1. The fourth-order valence-electron chi connectivity index (χ4n) is 2.09. The Morgan fingerprint density at radius 3 is 2.41 bits per heavy atom. The number of ether oxygens (including phenoxy) is 1. The lowest BCUT2D eigenvalue weighted by Gasteiger charge is -2.09. The second-order valence-electron chi connectivity index (χ2n) is 5.26. The zero-order chi connectivity index (χ0) is 20.0. The van der Waals surface area contributed by atoms with Crippen LogP contribution < -0.4 is 15.4 Å². The van der Waals surface area contributed by atoms with Gasteiger partial charge >= 0.3 is 0 Å². The second-order valence-corrected chi connectivity index (χ2v) is 5.26. The number of benzene rings is 2. The first-order chi connectivity index (χ1) is 12.8. The lowest BCUT2D eigenvalue weighted by Crippen LogP contribution is -2.20. The van der Waals surface area contributed by atoms with E-state index in [-0.39, 0.29) is 11.6 Å². The minimum atomic E-state index is -0.833. The predicted octanol–water partition coefficient (Wildman–Crippen LogP) is 2.48. The number of anilines is 2. The third-order valence-electron chi connectivity index (χ3n) is 3.19. The number of rotatable bonds is 7. The number of nitrogens with zero attached hydrogens (tertiary/aromatic N) is 2. The van der Waals surface area contributed by atoms with E-state index in [0.717, 1.165) is 18.2 Å². The molecule has 0 fully saturated rings. The Morgan fingerprint density at radius 2 is 1.78 bits per heavy atom. The van der Waals surface area contributed by atoms with E-state index in [1.165, 1.54) is 13.0 Å². The van der Waals surface area contributed by atoms with Crippen LogP contribution in [0.15, 0.2) is 42.5 Å². The van der Waals surface area contributed by atoms with E-state index in [1.807, 2.05) is 0 Å². The molecule has 0 aliphatic carbocycles. The van der Waals surface area contributed by atoms with E-state index in [9.17, 15) is 29.8 Å². The maximum Gasteiger partial charge on any atom is 0.299 e. The molecule has 2 amide bonds. The Labute approximate surface area is 152 Å². The van der Waals surface area contributed by atoms with Crippen LogP contribution in [0.1, 0.15) is 6.92 Å². The van der Waals surface area contributed by atoms with Gasteiger partial charge in [-0.3, -0.25) is 29.8 Å². The zero-order valence-electron chi connectivity index (χ0n) is 14.0. The zero-order valence-corrected chi connectivity index (χ0v) is 14.0. The molecule has 11 nitrogen and oxygen atoms in total. The van der Waals surface area contributed by atoms with Crippen LogP contribution in [0.25, 0.3) is 0 Å². The molecule has 0 aliphatic heterocycles. The molecule has 0 saturated heterocycles. The monoisotopic (exact) mass is 374 g/mol. The summed E-state index contributed by atoms with van der Waals surface area (Å²) in [5, 5.41) is 26.6. The van der Waals surface area contributed by atoms with Gasteiger partial charge in [-0.25, -0.2) is 0 Å². The van der Waals surface area contributed by atoms with Gasteiger partial charge in [0.2, 0.25) is 5.91 Å². The number of nitrogens with one attached hydrogen (secondary N) is 2. The highest BCUT2D eigenvalue weighted by atomic mass is 16.6. The average Bonchev–Trinajstić information content (AvgIpc) is 2.59. The maximum atomic E-state index is 12.0. The number of carbonyl (C=O) groups is 2. The molecule has 0 heterocycles. The Morgan fingerprint density at radius 1 is 1.04 bits per heavy atom. The van der Waals surface area contributed by atoms with Gasteiger partial charge in [-0.2, -0.15) is 0 Å². The molecule has 2 aromatic rings. The van der Waals surface area contributed by atoms with Crippen LogP contribution in [0.3, 0.4) is 0 Å². The van der Waals surface area contributed by atoms with Crippen LogP contribution in [0.4, 0.5) is 22.7 Å². The molecule has 2 aromatic carbocycles. The molecule has 0 aliphatic rings. The van der Waals surface area contributed by atoms with Crippen LogP contribution in [0, 0.1) is 20.2 Å². The van der Waals surface area contributed by atoms with Crippen molar-refractivity contribution in [2.75, 3.05) is 17.2 Å². The van der Waals surface area contributed by atoms with Crippen molar-refractivity contribution in [1.82, 2.24) is 0 Å². The normalized spacial score (nSPS) is 9.96. The summed E-state index contributed by atoms with van der Waals surface area (Å²) in [6, 6.07) is 9.18. The van der Waals surface area contributed by atoms with Crippen molar-refractivity contribution in [2.24, 2.45) is 0 Å². The van der Waals surface area contributed by atoms with E-state index in [0.29, 0.717) is 11.4 Å². The van der Waals surface area contributed by atoms with Gasteiger partial charge in [-0.15, -0.1) is 0 Å². The van der Waals surface area contributed by atoms with Crippen LogP contribution in [-0.4, -0.2) is 28.3 Å². The summed E-state index contributed by atoms with van der Waals surface area (Å²) in [6.45, 7) is 0.885. The van der Waals surface area contributed by atoms with Gasteiger partial charge in [0.1, 0.15) is 11.4 Å². The first-order valence-corrected chi connectivity index (χ1v) is 7.49. The van der Waals surface area contributed by atoms with Crippen molar-refractivity contribution in [1.29, 1.82) is 0 Å². The Bertz CT molecular complexity index is 913. The molecule has 0 bridgehead atoms. The molecular weight excluding hydrogens is 360 g/mol. The molecule has 2 N–H and O–H groups in total. The minimum absolute atomic E-state index is 0.189. The molecule has 0 unspecified atom stereocenters. The molecule has 11 heteroatoms. The number of carbonyl (C=O) groups excluding carboxylic acids is 2. The average molecular weight is 374 g/mol. The summed E-state index contributed by atoms with van der Waals surface area (Å²) < 4.78 is 5.28. The van der Waals surface area contributed by atoms with Gasteiger partial charge < -0.3 is 15.4 Å². The Balaban J connectivity index is 2.05. The van der Waals surface area contributed by atoms with Crippen molar-refractivity contribution in [3.05, 3.63) is 62.7 Å². The summed E-state index contributed by atoms with van der Waals surface area (Å²) in [5.41, 5.74) is -0.784. The predicted molar refractivity (Wildman–Crippen MR) is 94.6 cm³/mol. The summed E-state index contributed by atoms with van der Waals surface area (Å²) in [4.78, 5) is 43.2. The third kappa shape index (κ3) is 5.49. The maximum absolute atomic E-state index is 12.0. The summed E-state index contributed by atoms with van der Waals surface area (Å²) in [5.74, 6) is -0.665. The second kappa shape index (κ2) is 8.38. The van der Waals surface area contributed by atoms with Gasteiger partial charge in [0.15, 0.2) is 6.61 Å². The van der Waals surface area contributed by atoms with Crippen molar-refractivity contribution < 1.29 is 24.2 Å². The first-order valence-electron chi connectivity index (χ1n) is 7.49. The molecule has 0 spiro atoms. The lowest BCUT2D eigenvalue weighted by atomic mass is 10.2. The largest absolute Gasteiger partial charge is 0.484 e. The molecule has 27 heavy (non-hydrogen) atoms. The van der Waals surface area contributed by atoms with Crippen molar-refractivity contribution in [3.63, 3.8) is 0 Å². The summed E-state index contributed by atoms with van der Waals surface area (Å²) >= 11 is 0. The molecule has 140 valence electrons. The van der Waals surface area contributed by atoms with Gasteiger partial charge in [0.25, 0.3) is 17.3 Å². The summed E-state index contributed by atoms with van der Waals surface area (Å²) in [7, 11) is 0. The molecule has 0 radical (unpaired) electrons. The van der Waals surface area contributed by atoms with Crippen LogP contribution in [-0.2, 0) is 9.59 Å². The van der Waals surface area contributed by atoms with Gasteiger partial charge in [0.05, 0.1) is 15.9 Å². The van der Waals surface area contributed by atoms with Gasteiger partial charge in [-0.1, -0.05) is 6.07 Å². The molecular formula is C16H14N4O7. The summed E-state index contributed by atoms with van der Waals surface area (Å²) in [6.07, 6.45) is 0. The third-order valence-corrected chi connectivity index (χ3v) is 3.19. The quantitative estimate of drug-likeness (QED) is 0.557. The smallest absolute Gasteiger partial charge is 0.299 e. The number of amides is 2. The highest BCUT2D eigenvalue weighted by Gasteiger charge is 2.21. The standard InChI is InChI=1S/C16H14N4O7/c1-10(21)17-11-3-2-4-13(7-11)27-9-16(22)18-14-6-5-12(19(23)24)8-15(14)20(25)26/h2-8H,9H2,1H3,(H,17,21)(H,18,22). The van der Waals surface area contributed by atoms with Crippen molar-refractivity contribution >= 4 is 34.6 Å². The number of nitro benzene ring substituents is 2. The Hall–Kier alpha value is -4.02. The van der Waals surface area contributed by atoms with Crippen molar-refractivity contribution in [3.8, 4) is 5.75 Å². The molecule has 0 atom stereocenters. The molecule has 2 rings (SSSR count). The fourth-order valence-corrected chi connectivity index (χ4v) is 2.09. The van der Waals surface area contributed by atoms with E-state index in [2.05, 4.69) is 10.6 Å². The van der Waals surface area contributed by atoms with Gasteiger partial charge in [0, 0.05) is 24.7 Å². The topological polar surface area (TPSA) is 154 Å². The van der Waals surface area contributed by atoms with Crippen LogP contribution in [0.5, 0.6) is 5.75 Å². The fraction of sp³-hybridized carbons (Fsp3) is 0.125. The van der Waals surface area contributed by atoms with Crippen molar-refractivity contribution in [2.45, 2.75) is 6.92 Å². The van der Waals surface area contributed by atoms with E-state index >= 15 is 0 Å². The highest BCUT2D eigenvalue weighted by Crippen LogP contribution is 2.29. The number of hydrogen-bond acceptors (Lipinski definition) is 7. The van der Waals surface area contributed by atoms with E-state index < -0.39 is 33.7 Å². The Kier molecular flexibility index (Phi) is 5.99. The van der Waals surface area contributed by atoms with E-state index in [1.54, 1.807) is 18.2 Å². The lowest BCUT2D eigenvalue weighted by molar-refractivity contribution is -0.393. The minimum Gasteiger partial charge on any atom is -0.484 e. The van der Waals surface area contributed by atoms with Gasteiger partial charge in [-0.05, 0) is 18.2 Å².